The number of nitrogens with one attached hydrogen (secondary N) is 1. The summed E-state index contributed by atoms with van der Waals surface area (Å²) in [7, 11) is -2.88. The molecule has 2 fully saturated rings. The van der Waals surface area contributed by atoms with Gasteiger partial charge >= 0.3 is 0 Å². The Morgan fingerprint density at radius 1 is 1.13 bits per heavy atom. The molecule has 23 heavy (non-hydrogen) atoms. The fourth-order valence-corrected chi connectivity index (χ4v) is 4.95. The largest absolute Gasteiger partial charge is 0.352 e. The van der Waals surface area contributed by atoms with Crippen molar-refractivity contribution in [1.82, 2.24) is 10.2 Å². The minimum atomic E-state index is -2.88. The van der Waals surface area contributed by atoms with E-state index in [9.17, 15) is 13.2 Å². The molecule has 0 radical (unpaired) electrons. The molecule has 1 N–H and O–H groups in total. The Hall–Kier alpha value is -1.40. The summed E-state index contributed by atoms with van der Waals surface area (Å²) < 4.78 is 22.9. The number of amides is 1. The van der Waals surface area contributed by atoms with E-state index in [4.69, 9.17) is 0 Å². The summed E-state index contributed by atoms with van der Waals surface area (Å²) in [4.78, 5) is 14.8. The summed E-state index contributed by atoms with van der Waals surface area (Å²) in [6.45, 7) is 1.73. The number of nitrogens with zero attached hydrogens (tertiary/aromatic N) is 1. The number of hydrogen-bond acceptors (Lipinski definition) is 4. The molecule has 0 aromatic heterocycles. The van der Waals surface area contributed by atoms with E-state index in [1.54, 1.807) is 0 Å². The van der Waals surface area contributed by atoms with E-state index in [0.717, 1.165) is 25.9 Å². The van der Waals surface area contributed by atoms with Gasteiger partial charge in [-0.1, -0.05) is 30.3 Å². The molecule has 1 aromatic carbocycles. The first-order valence-corrected chi connectivity index (χ1v) is 10.1. The van der Waals surface area contributed by atoms with E-state index >= 15 is 0 Å². The third kappa shape index (κ3) is 4.32. The van der Waals surface area contributed by atoms with Crippen LogP contribution in [0, 0.1) is 0 Å². The van der Waals surface area contributed by atoms with Crippen molar-refractivity contribution in [3.05, 3.63) is 35.9 Å². The van der Waals surface area contributed by atoms with E-state index in [-0.39, 0.29) is 29.5 Å². The monoisotopic (exact) mass is 336 g/mol. The van der Waals surface area contributed by atoms with Crippen LogP contribution in [-0.2, 0) is 21.2 Å². The molecule has 1 aromatic rings. The predicted octanol–water partition coefficient (Wildman–Crippen LogP) is 1.34. The van der Waals surface area contributed by atoms with Crippen LogP contribution in [0.3, 0.4) is 0 Å². The molecule has 5 nitrogen and oxygen atoms in total. The summed E-state index contributed by atoms with van der Waals surface area (Å²) in [5, 5.41) is 3.07. The van der Waals surface area contributed by atoms with Crippen molar-refractivity contribution < 1.29 is 13.2 Å². The number of rotatable bonds is 4. The minimum absolute atomic E-state index is 0.00482. The number of hydrogen-bond donors (Lipinski definition) is 1. The van der Waals surface area contributed by atoms with Gasteiger partial charge in [0.2, 0.25) is 5.91 Å². The Balaban J connectivity index is 1.56. The van der Waals surface area contributed by atoms with Crippen molar-refractivity contribution in [1.29, 1.82) is 0 Å². The van der Waals surface area contributed by atoms with Gasteiger partial charge in [-0.3, -0.25) is 9.69 Å². The molecule has 0 bridgehead atoms. The van der Waals surface area contributed by atoms with Crippen LogP contribution < -0.4 is 5.32 Å². The zero-order valence-corrected chi connectivity index (χ0v) is 14.1. The molecule has 2 aliphatic heterocycles. The van der Waals surface area contributed by atoms with Crippen LogP contribution in [0.4, 0.5) is 0 Å². The van der Waals surface area contributed by atoms with Gasteiger partial charge in [-0.2, -0.15) is 0 Å². The maximum Gasteiger partial charge on any atom is 0.237 e. The highest BCUT2D eigenvalue weighted by Crippen LogP contribution is 2.21. The highest BCUT2D eigenvalue weighted by atomic mass is 32.2. The zero-order valence-electron chi connectivity index (χ0n) is 13.3. The van der Waals surface area contributed by atoms with Crippen molar-refractivity contribution in [2.75, 3.05) is 18.1 Å². The lowest BCUT2D eigenvalue weighted by Crippen LogP contribution is -2.48. The highest BCUT2D eigenvalue weighted by molar-refractivity contribution is 7.91. The van der Waals surface area contributed by atoms with E-state index < -0.39 is 9.84 Å². The Morgan fingerprint density at radius 3 is 2.52 bits per heavy atom. The molecular formula is C17H24N2O3S. The van der Waals surface area contributed by atoms with Crippen LogP contribution in [0.15, 0.2) is 30.3 Å². The van der Waals surface area contributed by atoms with Crippen LogP contribution in [0.5, 0.6) is 0 Å². The quantitative estimate of drug-likeness (QED) is 0.901. The van der Waals surface area contributed by atoms with Crippen molar-refractivity contribution in [3.8, 4) is 0 Å². The van der Waals surface area contributed by atoms with Crippen molar-refractivity contribution in [3.63, 3.8) is 0 Å². The Labute approximate surface area is 138 Å². The summed E-state index contributed by atoms with van der Waals surface area (Å²) in [6, 6.07) is 10.1. The highest BCUT2D eigenvalue weighted by Gasteiger charge is 2.33. The molecule has 2 aliphatic rings. The fraction of sp³-hybridized carbons (Fsp3) is 0.588. The Kier molecular flexibility index (Phi) is 5.02. The molecule has 1 unspecified atom stereocenters. The minimum Gasteiger partial charge on any atom is -0.352 e. The molecule has 0 spiro atoms. The summed E-state index contributed by atoms with van der Waals surface area (Å²) in [5.41, 5.74) is 1.22. The van der Waals surface area contributed by atoms with E-state index in [1.165, 1.54) is 5.56 Å². The van der Waals surface area contributed by atoms with E-state index in [0.29, 0.717) is 12.8 Å². The summed E-state index contributed by atoms with van der Waals surface area (Å²) in [5.74, 6) is 0.440. The number of carbonyl (C=O) groups excluding carboxylic acids is 1. The first-order valence-electron chi connectivity index (χ1n) is 8.32. The molecule has 6 heteroatoms. The van der Waals surface area contributed by atoms with Gasteiger partial charge < -0.3 is 5.32 Å². The smallest absolute Gasteiger partial charge is 0.237 e. The van der Waals surface area contributed by atoms with Gasteiger partial charge in [0.1, 0.15) is 9.84 Å². The standard InChI is InChI=1S/C17H24N2O3S/c20-17(18-15-8-11-23(21,22)12-9-15)16-7-4-10-19(16)13-14-5-2-1-3-6-14/h1-3,5-6,15-16H,4,7-13H2,(H,18,20). The number of carbonyl (C=O) groups is 1. The third-order valence-electron chi connectivity index (χ3n) is 4.80. The molecule has 0 saturated carbocycles. The van der Waals surface area contributed by atoms with Crippen LogP contribution in [0.1, 0.15) is 31.2 Å². The van der Waals surface area contributed by atoms with Crippen LogP contribution in [-0.4, -0.2) is 49.4 Å². The van der Waals surface area contributed by atoms with Gasteiger partial charge in [0.25, 0.3) is 0 Å². The number of benzene rings is 1. The molecule has 1 amide bonds. The molecule has 3 rings (SSSR count). The van der Waals surface area contributed by atoms with Crippen LogP contribution >= 0.6 is 0 Å². The van der Waals surface area contributed by atoms with Crippen molar-refractivity contribution in [2.24, 2.45) is 0 Å². The molecular weight excluding hydrogens is 312 g/mol. The molecule has 2 heterocycles. The summed E-state index contributed by atoms with van der Waals surface area (Å²) >= 11 is 0. The second-order valence-corrected chi connectivity index (χ2v) is 8.85. The Bertz CT molecular complexity index is 631. The molecule has 2 saturated heterocycles. The SMILES string of the molecule is O=C(NC1CCS(=O)(=O)CC1)C1CCCN1Cc1ccccc1. The predicted molar refractivity (Wildman–Crippen MR) is 89.7 cm³/mol. The number of likely N-dealkylation sites (tertiary alicyclic amines) is 1. The van der Waals surface area contributed by atoms with Gasteiger partial charge in [-0.05, 0) is 37.8 Å². The topological polar surface area (TPSA) is 66.5 Å². The average molecular weight is 336 g/mol. The van der Waals surface area contributed by atoms with Crippen LogP contribution in [0.25, 0.3) is 0 Å². The maximum absolute atomic E-state index is 12.6. The fourth-order valence-electron chi connectivity index (χ4n) is 3.46. The first-order chi connectivity index (χ1) is 11.0. The lowest BCUT2D eigenvalue weighted by Gasteiger charge is -2.28. The van der Waals surface area contributed by atoms with Crippen molar-refractivity contribution >= 4 is 15.7 Å². The van der Waals surface area contributed by atoms with Gasteiger partial charge in [0, 0.05) is 12.6 Å². The Morgan fingerprint density at radius 2 is 1.83 bits per heavy atom. The molecule has 126 valence electrons. The lowest BCUT2D eigenvalue weighted by atomic mass is 10.1. The van der Waals surface area contributed by atoms with E-state index in [1.807, 2.05) is 18.2 Å². The maximum atomic E-state index is 12.6. The van der Waals surface area contributed by atoms with Gasteiger partial charge in [-0.25, -0.2) is 8.42 Å². The second-order valence-electron chi connectivity index (χ2n) is 6.55. The third-order valence-corrected chi connectivity index (χ3v) is 6.51. The van der Waals surface area contributed by atoms with Gasteiger partial charge in [-0.15, -0.1) is 0 Å². The normalized spacial score (nSPS) is 25.3. The lowest BCUT2D eigenvalue weighted by molar-refractivity contribution is -0.126. The average Bonchev–Trinajstić information content (AvgIpc) is 2.99. The van der Waals surface area contributed by atoms with Gasteiger partial charge in [0.05, 0.1) is 17.5 Å². The second kappa shape index (κ2) is 7.01. The van der Waals surface area contributed by atoms with Gasteiger partial charge in [0.15, 0.2) is 0 Å². The summed E-state index contributed by atoms with van der Waals surface area (Å²) in [6.07, 6.45) is 2.99. The first kappa shape index (κ1) is 16.5. The van der Waals surface area contributed by atoms with E-state index in [2.05, 4.69) is 22.3 Å². The zero-order chi connectivity index (χ0) is 16.3. The number of sulfone groups is 1. The molecule has 0 aliphatic carbocycles. The van der Waals surface area contributed by atoms with Crippen LogP contribution in [0.2, 0.25) is 0 Å². The van der Waals surface area contributed by atoms with Crippen molar-refractivity contribution in [2.45, 2.75) is 44.3 Å². The molecule has 1 atom stereocenters.